The number of para-hydroxylation sites is 1. The van der Waals surface area contributed by atoms with E-state index >= 15 is 0 Å². The zero-order valence-electron chi connectivity index (χ0n) is 22.8. The number of nitrogens with zero attached hydrogens (tertiary/aromatic N) is 4. The van der Waals surface area contributed by atoms with E-state index in [1.165, 1.54) is 13.3 Å². The van der Waals surface area contributed by atoms with Crippen LogP contribution in [0.5, 0.6) is 5.75 Å². The number of nitrogens with one attached hydrogen (secondary N) is 1. The van der Waals surface area contributed by atoms with E-state index in [0.29, 0.717) is 11.2 Å². The Balaban J connectivity index is 1.38. The van der Waals surface area contributed by atoms with Crippen LogP contribution in [0.4, 0.5) is 5.82 Å². The number of imidazole rings is 1. The van der Waals surface area contributed by atoms with Gasteiger partial charge in [0.05, 0.1) is 19.0 Å². The highest BCUT2D eigenvalue weighted by Crippen LogP contribution is 2.48. The van der Waals surface area contributed by atoms with E-state index in [4.69, 9.17) is 33.7 Å². The van der Waals surface area contributed by atoms with Gasteiger partial charge in [0, 0.05) is 0 Å². The van der Waals surface area contributed by atoms with E-state index in [1.807, 2.05) is 0 Å². The molecule has 14 nitrogen and oxygen atoms in total. The Morgan fingerprint density at radius 1 is 1.15 bits per heavy atom. The largest absolute Gasteiger partial charge is 0.462 e. The minimum Gasteiger partial charge on any atom is -0.462 e. The van der Waals surface area contributed by atoms with Crippen LogP contribution in [0.15, 0.2) is 43.0 Å². The van der Waals surface area contributed by atoms with Gasteiger partial charge in [-0.1, -0.05) is 18.2 Å². The first-order valence-electron chi connectivity index (χ1n) is 12.9. The first-order valence-corrected chi connectivity index (χ1v) is 14.4. The van der Waals surface area contributed by atoms with Crippen LogP contribution < -0.4 is 15.3 Å². The first-order chi connectivity index (χ1) is 18.9. The minimum atomic E-state index is -4.12. The molecule has 6 atom stereocenters. The summed E-state index contributed by atoms with van der Waals surface area (Å²) in [5.41, 5.74) is 6.85. The van der Waals surface area contributed by atoms with Crippen molar-refractivity contribution in [2.24, 2.45) is 0 Å². The quantitative estimate of drug-likeness (QED) is 0.267. The molecule has 0 radical (unpaired) electrons. The van der Waals surface area contributed by atoms with Crippen molar-refractivity contribution in [3.63, 3.8) is 0 Å². The second-order valence-corrected chi connectivity index (χ2v) is 11.9. The number of nitrogen functional groups attached to an aromatic ring is 1. The summed E-state index contributed by atoms with van der Waals surface area (Å²) in [7, 11) is -4.12. The number of fused-ring (bicyclic) bond motifs is 2. The molecule has 2 aromatic heterocycles. The molecule has 4 heterocycles. The van der Waals surface area contributed by atoms with Gasteiger partial charge in [-0.15, -0.1) is 0 Å². The third-order valence-corrected chi connectivity index (χ3v) is 7.86. The van der Waals surface area contributed by atoms with Crippen LogP contribution in [-0.2, 0) is 32.8 Å². The molecule has 2 aliphatic rings. The van der Waals surface area contributed by atoms with E-state index < -0.39 is 50.1 Å². The van der Waals surface area contributed by atoms with Crippen LogP contribution in [0, 0.1) is 0 Å². The zero-order valence-corrected chi connectivity index (χ0v) is 23.7. The fourth-order valence-electron chi connectivity index (χ4n) is 4.58. The highest BCUT2D eigenvalue weighted by molar-refractivity contribution is 7.52. The van der Waals surface area contributed by atoms with E-state index in [1.54, 1.807) is 68.9 Å². The summed E-state index contributed by atoms with van der Waals surface area (Å²) in [6, 6.07) is 7.50. The lowest BCUT2D eigenvalue weighted by atomic mass is 10.1. The lowest BCUT2D eigenvalue weighted by Gasteiger charge is -2.27. The summed E-state index contributed by atoms with van der Waals surface area (Å²) >= 11 is 0. The number of esters is 1. The van der Waals surface area contributed by atoms with E-state index in [2.05, 4.69) is 20.0 Å². The van der Waals surface area contributed by atoms with Crippen LogP contribution >= 0.6 is 7.75 Å². The second-order valence-electron chi connectivity index (χ2n) is 10.2. The molecular weight excluding hydrogens is 543 g/mol. The highest BCUT2D eigenvalue weighted by Gasteiger charge is 2.56. The van der Waals surface area contributed by atoms with Crippen molar-refractivity contribution in [3.8, 4) is 5.75 Å². The topological polar surface area (TPSA) is 171 Å². The molecule has 1 aromatic carbocycles. The van der Waals surface area contributed by atoms with Gasteiger partial charge in [0.2, 0.25) is 0 Å². The normalized spacial score (nSPS) is 25.9. The average molecular weight is 577 g/mol. The van der Waals surface area contributed by atoms with Gasteiger partial charge >= 0.3 is 13.7 Å². The van der Waals surface area contributed by atoms with Gasteiger partial charge in [-0.3, -0.25) is 13.9 Å². The number of aromatic nitrogens is 4. The first kappa shape index (κ1) is 28.4. The standard InChI is InChI=1S/C25H33N6O8P/c1-14(2)35-24(32)15(3)30-40(33,39-16-9-7-6-8-10-16)34-11-17-19-20(38-25(4,5)37-19)23(36-17)31-13-29-18-21(26)27-12-28-22(18)31/h6-10,12-15,17,19-20,23H,11H2,1-5H3,(H,30,33)(H2,26,27,28)/t15-,17+,19+,20+,23+,40-/m0/s1. The molecule has 5 rings (SSSR count). The Morgan fingerprint density at radius 2 is 1.88 bits per heavy atom. The van der Waals surface area contributed by atoms with Gasteiger partial charge in [-0.05, 0) is 46.8 Å². The molecular formula is C25H33N6O8P. The van der Waals surface area contributed by atoms with Gasteiger partial charge in [0.25, 0.3) is 0 Å². The third-order valence-electron chi connectivity index (χ3n) is 6.22. The van der Waals surface area contributed by atoms with Gasteiger partial charge in [-0.25, -0.2) is 19.5 Å². The molecule has 0 bridgehead atoms. The molecule has 2 aliphatic heterocycles. The van der Waals surface area contributed by atoms with Crippen molar-refractivity contribution >= 4 is 30.7 Å². The Bertz CT molecular complexity index is 1400. The van der Waals surface area contributed by atoms with Crippen LogP contribution in [0.1, 0.15) is 40.8 Å². The average Bonchev–Trinajstić information content (AvgIpc) is 3.54. The molecule has 0 saturated carbocycles. The monoisotopic (exact) mass is 576 g/mol. The maximum Gasteiger partial charge on any atom is 0.459 e. The van der Waals surface area contributed by atoms with E-state index in [9.17, 15) is 9.36 Å². The SMILES string of the molecule is CC(C)OC(=O)[C@H](C)N[P@](=O)(OC[C@H]1O[C@@H](n2cnc3c(N)ncnc32)[C@@H]2OC(C)(C)O[C@@H]21)Oc1ccccc1. The fraction of sp³-hybridized carbons (Fsp3) is 0.520. The predicted octanol–water partition coefficient (Wildman–Crippen LogP) is 2.96. The summed E-state index contributed by atoms with van der Waals surface area (Å²) in [5, 5.41) is 2.68. The van der Waals surface area contributed by atoms with Gasteiger partial charge in [-0.2, -0.15) is 5.09 Å². The molecule has 40 heavy (non-hydrogen) atoms. The number of carbonyl (C=O) groups is 1. The number of ether oxygens (including phenoxy) is 4. The number of carbonyl (C=O) groups excluding carboxylic acids is 1. The number of hydrogen-bond donors (Lipinski definition) is 2. The molecule has 15 heteroatoms. The maximum atomic E-state index is 13.9. The van der Waals surface area contributed by atoms with Crippen LogP contribution in [0.25, 0.3) is 11.2 Å². The van der Waals surface area contributed by atoms with Gasteiger partial charge < -0.3 is 29.2 Å². The molecule has 3 aromatic rings. The predicted molar refractivity (Wildman–Crippen MR) is 142 cm³/mol. The summed E-state index contributed by atoms with van der Waals surface area (Å²) in [6.45, 7) is 8.32. The Labute approximate surface area is 231 Å². The molecule has 2 saturated heterocycles. The molecule has 2 fully saturated rings. The molecule has 0 amide bonds. The van der Waals surface area contributed by atoms with Crippen LogP contribution in [0.2, 0.25) is 0 Å². The smallest absolute Gasteiger partial charge is 0.459 e. The number of rotatable bonds is 10. The maximum absolute atomic E-state index is 13.9. The fourth-order valence-corrected chi connectivity index (χ4v) is 6.08. The summed E-state index contributed by atoms with van der Waals surface area (Å²) < 4.78 is 51.1. The number of benzene rings is 1. The van der Waals surface area contributed by atoms with E-state index in [0.717, 1.165) is 0 Å². The molecule has 0 unspecified atom stereocenters. The lowest BCUT2D eigenvalue weighted by Crippen LogP contribution is -2.38. The molecule has 3 N–H and O–H groups in total. The van der Waals surface area contributed by atoms with Gasteiger partial charge in [0.15, 0.2) is 23.5 Å². The zero-order chi connectivity index (χ0) is 28.7. The molecule has 0 spiro atoms. The van der Waals surface area contributed by atoms with E-state index in [-0.39, 0.29) is 24.3 Å². The van der Waals surface area contributed by atoms with Crippen molar-refractivity contribution in [1.82, 2.24) is 24.6 Å². The highest BCUT2D eigenvalue weighted by atomic mass is 31.2. The number of nitrogens with two attached hydrogens (primary N) is 1. The van der Waals surface area contributed by atoms with Crippen molar-refractivity contribution in [2.75, 3.05) is 12.3 Å². The number of anilines is 1. The lowest BCUT2D eigenvalue weighted by molar-refractivity contribution is -0.199. The van der Waals surface area contributed by atoms with Crippen LogP contribution in [0.3, 0.4) is 0 Å². The minimum absolute atomic E-state index is 0.218. The Kier molecular flexibility index (Phi) is 7.83. The van der Waals surface area contributed by atoms with Gasteiger partial charge in [0.1, 0.15) is 41.9 Å². The molecule has 0 aliphatic carbocycles. The Morgan fingerprint density at radius 3 is 2.60 bits per heavy atom. The second kappa shape index (κ2) is 11.0. The third kappa shape index (κ3) is 5.97. The van der Waals surface area contributed by atoms with Crippen molar-refractivity contribution in [1.29, 1.82) is 0 Å². The molecule has 216 valence electrons. The summed E-state index contributed by atoms with van der Waals surface area (Å²) in [4.78, 5) is 25.1. The summed E-state index contributed by atoms with van der Waals surface area (Å²) in [6.07, 6.45) is -0.0711. The Hall–Kier alpha value is -3.13. The van der Waals surface area contributed by atoms with Crippen molar-refractivity contribution in [2.45, 2.75) is 77.1 Å². The van der Waals surface area contributed by atoms with Crippen molar-refractivity contribution < 1.29 is 37.4 Å². The van der Waals surface area contributed by atoms with Crippen molar-refractivity contribution in [3.05, 3.63) is 43.0 Å². The summed E-state index contributed by atoms with van der Waals surface area (Å²) in [5.74, 6) is -1.00. The number of hydrogen-bond acceptors (Lipinski definition) is 12. The van der Waals surface area contributed by atoms with Crippen LogP contribution in [-0.4, -0.2) is 68.3 Å².